The van der Waals surface area contributed by atoms with Crippen LogP contribution in [0.3, 0.4) is 0 Å². The third kappa shape index (κ3) is 2.71. The van der Waals surface area contributed by atoms with Crippen LogP contribution >= 0.6 is 0 Å². The first-order valence-corrected chi connectivity index (χ1v) is 5.06. The molecule has 1 rings (SSSR count). The van der Waals surface area contributed by atoms with E-state index in [1.165, 1.54) is 16.7 Å². The molecule has 0 bridgehead atoms. The molecule has 1 unspecified atom stereocenters. The van der Waals surface area contributed by atoms with Crippen molar-refractivity contribution in [3.8, 4) is 0 Å². The SMILES string of the molecule is C=CCNC(C)c1ccc(C)c(C)c1. The highest BCUT2D eigenvalue weighted by atomic mass is 14.9. The van der Waals surface area contributed by atoms with Gasteiger partial charge in [-0.25, -0.2) is 0 Å². The lowest BCUT2D eigenvalue weighted by atomic mass is 10.0. The van der Waals surface area contributed by atoms with E-state index in [0.29, 0.717) is 6.04 Å². The van der Waals surface area contributed by atoms with E-state index in [4.69, 9.17) is 0 Å². The van der Waals surface area contributed by atoms with Gasteiger partial charge in [0, 0.05) is 12.6 Å². The third-order valence-electron chi connectivity index (χ3n) is 2.60. The molecular weight excluding hydrogens is 170 g/mol. The highest BCUT2D eigenvalue weighted by Crippen LogP contribution is 2.16. The monoisotopic (exact) mass is 189 g/mol. The van der Waals surface area contributed by atoms with Gasteiger partial charge in [-0.15, -0.1) is 6.58 Å². The fourth-order valence-electron chi connectivity index (χ4n) is 1.41. The van der Waals surface area contributed by atoms with Crippen LogP contribution in [0.1, 0.15) is 29.7 Å². The van der Waals surface area contributed by atoms with Crippen molar-refractivity contribution in [1.82, 2.24) is 5.32 Å². The molecule has 0 spiro atoms. The summed E-state index contributed by atoms with van der Waals surface area (Å²) in [6.07, 6.45) is 1.89. The number of aryl methyl sites for hydroxylation is 2. The average molecular weight is 189 g/mol. The summed E-state index contributed by atoms with van der Waals surface area (Å²) >= 11 is 0. The van der Waals surface area contributed by atoms with Gasteiger partial charge >= 0.3 is 0 Å². The number of hydrogen-bond acceptors (Lipinski definition) is 1. The van der Waals surface area contributed by atoms with Crippen molar-refractivity contribution in [3.63, 3.8) is 0 Å². The van der Waals surface area contributed by atoms with Crippen LogP contribution in [-0.4, -0.2) is 6.54 Å². The summed E-state index contributed by atoms with van der Waals surface area (Å²) in [4.78, 5) is 0. The Morgan fingerprint density at radius 2 is 2.07 bits per heavy atom. The van der Waals surface area contributed by atoms with Crippen molar-refractivity contribution in [2.75, 3.05) is 6.54 Å². The Labute approximate surface area is 86.8 Å². The molecular formula is C13H19N. The minimum Gasteiger partial charge on any atom is -0.307 e. The topological polar surface area (TPSA) is 12.0 Å². The predicted octanol–water partition coefficient (Wildman–Crippen LogP) is 3.14. The van der Waals surface area contributed by atoms with Crippen LogP contribution in [0.4, 0.5) is 0 Å². The third-order valence-corrected chi connectivity index (χ3v) is 2.60. The molecule has 0 radical (unpaired) electrons. The van der Waals surface area contributed by atoms with Gasteiger partial charge in [-0.2, -0.15) is 0 Å². The lowest BCUT2D eigenvalue weighted by Crippen LogP contribution is -2.18. The molecule has 0 heterocycles. The van der Waals surface area contributed by atoms with Crippen molar-refractivity contribution in [2.45, 2.75) is 26.8 Å². The van der Waals surface area contributed by atoms with Gasteiger partial charge in [-0.1, -0.05) is 24.3 Å². The Bertz CT molecular complexity index is 315. The van der Waals surface area contributed by atoms with Crippen LogP contribution in [0.25, 0.3) is 0 Å². The van der Waals surface area contributed by atoms with Crippen LogP contribution in [-0.2, 0) is 0 Å². The van der Waals surface area contributed by atoms with E-state index in [2.05, 4.69) is 50.9 Å². The zero-order valence-corrected chi connectivity index (χ0v) is 9.30. The Balaban J connectivity index is 2.75. The maximum atomic E-state index is 3.70. The van der Waals surface area contributed by atoms with Gasteiger partial charge in [0.2, 0.25) is 0 Å². The summed E-state index contributed by atoms with van der Waals surface area (Å²) in [6, 6.07) is 7.00. The van der Waals surface area contributed by atoms with Gasteiger partial charge in [-0.3, -0.25) is 0 Å². The molecule has 1 aromatic rings. The maximum absolute atomic E-state index is 3.70. The molecule has 1 N–H and O–H groups in total. The summed E-state index contributed by atoms with van der Waals surface area (Å²) < 4.78 is 0. The molecule has 0 aromatic heterocycles. The van der Waals surface area contributed by atoms with Gasteiger partial charge in [0.05, 0.1) is 0 Å². The molecule has 1 nitrogen and oxygen atoms in total. The largest absolute Gasteiger partial charge is 0.307 e. The van der Waals surface area contributed by atoms with E-state index >= 15 is 0 Å². The Morgan fingerprint density at radius 3 is 2.64 bits per heavy atom. The predicted molar refractivity (Wildman–Crippen MR) is 62.5 cm³/mol. The van der Waals surface area contributed by atoms with E-state index in [1.54, 1.807) is 0 Å². The molecule has 1 aromatic carbocycles. The highest BCUT2D eigenvalue weighted by molar-refractivity contribution is 5.31. The molecule has 1 atom stereocenters. The van der Waals surface area contributed by atoms with Gasteiger partial charge in [0.1, 0.15) is 0 Å². The Kier molecular flexibility index (Phi) is 3.90. The van der Waals surface area contributed by atoms with Crippen molar-refractivity contribution < 1.29 is 0 Å². The molecule has 0 amide bonds. The van der Waals surface area contributed by atoms with Crippen molar-refractivity contribution in [2.24, 2.45) is 0 Å². The van der Waals surface area contributed by atoms with Gasteiger partial charge in [0.25, 0.3) is 0 Å². The molecule has 0 fully saturated rings. The zero-order chi connectivity index (χ0) is 10.6. The fraction of sp³-hybridized carbons (Fsp3) is 0.385. The summed E-state index contributed by atoms with van der Waals surface area (Å²) in [6.45, 7) is 11.0. The summed E-state index contributed by atoms with van der Waals surface area (Å²) in [5, 5.41) is 3.38. The van der Waals surface area contributed by atoms with Crippen molar-refractivity contribution in [3.05, 3.63) is 47.5 Å². The second-order valence-corrected chi connectivity index (χ2v) is 3.76. The van der Waals surface area contributed by atoms with E-state index in [1.807, 2.05) is 6.08 Å². The van der Waals surface area contributed by atoms with Crippen LogP contribution in [0.15, 0.2) is 30.9 Å². The summed E-state index contributed by atoms with van der Waals surface area (Å²) in [5.41, 5.74) is 4.05. The standard InChI is InChI=1S/C13H19N/c1-5-8-14-12(4)13-7-6-10(2)11(3)9-13/h5-7,9,12,14H,1,8H2,2-4H3. The number of nitrogens with one attached hydrogen (secondary N) is 1. The van der Waals surface area contributed by atoms with E-state index in [-0.39, 0.29) is 0 Å². The summed E-state index contributed by atoms with van der Waals surface area (Å²) in [5.74, 6) is 0. The maximum Gasteiger partial charge on any atom is 0.0294 e. The fourth-order valence-corrected chi connectivity index (χ4v) is 1.41. The quantitative estimate of drug-likeness (QED) is 0.717. The molecule has 0 aliphatic heterocycles. The number of hydrogen-bond donors (Lipinski definition) is 1. The van der Waals surface area contributed by atoms with E-state index < -0.39 is 0 Å². The van der Waals surface area contributed by atoms with E-state index in [9.17, 15) is 0 Å². The highest BCUT2D eigenvalue weighted by Gasteiger charge is 2.03. The first-order chi connectivity index (χ1) is 6.65. The first kappa shape index (κ1) is 11.0. The molecule has 1 heteroatoms. The van der Waals surface area contributed by atoms with Gasteiger partial charge < -0.3 is 5.32 Å². The smallest absolute Gasteiger partial charge is 0.0294 e. The van der Waals surface area contributed by atoms with Gasteiger partial charge in [0.15, 0.2) is 0 Å². The lowest BCUT2D eigenvalue weighted by Gasteiger charge is -2.14. The minimum atomic E-state index is 0.396. The summed E-state index contributed by atoms with van der Waals surface area (Å²) in [7, 11) is 0. The molecule has 76 valence electrons. The van der Waals surface area contributed by atoms with Crippen LogP contribution < -0.4 is 5.32 Å². The lowest BCUT2D eigenvalue weighted by molar-refractivity contribution is 0.617. The van der Waals surface area contributed by atoms with Crippen LogP contribution in [0.2, 0.25) is 0 Å². The van der Waals surface area contributed by atoms with Crippen molar-refractivity contribution >= 4 is 0 Å². The van der Waals surface area contributed by atoms with E-state index in [0.717, 1.165) is 6.54 Å². The normalized spacial score (nSPS) is 12.5. The van der Waals surface area contributed by atoms with Crippen LogP contribution in [0.5, 0.6) is 0 Å². The Hall–Kier alpha value is -1.08. The molecule has 0 saturated carbocycles. The second kappa shape index (κ2) is 4.97. The van der Waals surface area contributed by atoms with Crippen molar-refractivity contribution in [1.29, 1.82) is 0 Å². The van der Waals surface area contributed by atoms with Crippen LogP contribution in [0, 0.1) is 13.8 Å². The van der Waals surface area contributed by atoms with Gasteiger partial charge in [-0.05, 0) is 37.5 Å². The second-order valence-electron chi connectivity index (χ2n) is 3.76. The average Bonchev–Trinajstić information content (AvgIpc) is 2.18. The molecule has 14 heavy (non-hydrogen) atoms. The molecule has 0 aliphatic rings. The minimum absolute atomic E-state index is 0.396. The zero-order valence-electron chi connectivity index (χ0n) is 9.30. The molecule has 0 saturated heterocycles. The Morgan fingerprint density at radius 1 is 1.36 bits per heavy atom. The number of rotatable bonds is 4. The molecule has 0 aliphatic carbocycles. The first-order valence-electron chi connectivity index (χ1n) is 5.06. The number of benzene rings is 1.